The molecule has 116 valence electrons. The number of piperidine rings is 1. The Morgan fingerprint density at radius 1 is 1.48 bits per heavy atom. The smallest absolute Gasteiger partial charge is 0.161 e. The zero-order chi connectivity index (χ0) is 15.6. The highest BCUT2D eigenvalue weighted by Crippen LogP contribution is 2.31. The van der Waals surface area contributed by atoms with Crippen LogP contribution in [0.2, 0.25) is 0 Å². The maximum atomic E-state index is 14.6. The summed E-state index contributed by atoms with van der Waals surface area (Å²) in [6.45, 7) is 5.40. The number of nitrogens with two attached hydrogens (primary N) is 1. The minimum atomic E-state index is -0.291. The number of hydrogen-bond acceptors (Lipinski definition) is 3. The summed E-state index contributed by atoms with van der Waals surface area (Å²) in [6.07, 6.45) is 2.11. The van der Waals surface area contributed by atoms with E-state index in [-0.39, 0.29) is 10.8 Å². The lowest BCUT2D eigenvalue weighted by molar-refractivity contribution is 0.220. The molecule has 3 nitrogen and oxygen atoms in total. The monoisotopic (exact) mass is 373 g/mol. The van der Waals surface area contributed by atoms with Crippen LogP contribution >= 0.6 is 28.1 Å². The van der Waals surface area contributed by atoms with Crippen molar-refractivity contribution in [2.75, 3.05) is 31.6 Å². The van der Waals surface area contributed by atoms with E-state index in [0.29, 0.717) is 21.8 Å². The number of benzene rings is 1. The van der Waals surface area contributed by atoms with E-state index in [1.807, 2.05) is 11.9 Å². The van der Waals surface area contributed by atoms with Gasteiger partial charge in [-0.15, -0.1) is 0 Å². The van der Waals surface area contributed by atoms with Crippen molar-refractivity contribution in [1.82, 2.24) is 4.90 Å². The molecular weight excluding hydrogens is 353 g/mol. The second-order valence-corrected chi connectivity index (χ2v) is 6.63. The Kier molecular flexibility index (Phi) is 5.57. The Balaban J connectivity index is 2.18. The second kappa shape index (κ2) is 7.03. The first-order valence-electron chi connectivity index (χ1n) is 7.18. The molecule has 1 aliphatic rings. The average Bonchev–Trinajstić information content (AvgIpc) is 2.49. The molecule has 1 fully saturated rings. The molecule has 1 aliphatic heterocycles. The SMILES string of the molecule is CCN1CCC(N(C)c2ccc(C(N)=S)c(Br)c2F)CC1. The van der Waals surface area contributed by atoms with Crippen LogP contribution in [0.1, 0.15) is 25.3 Å². The number of likely N-dealkylation sites (tertiary alicyclic amines) is 1. The van der Waals surface area contributed by atoms with Gasteiger partial charge in [-0.05, 0) is 47.4 Å². The van der Waals surface area contributed by atoms with Gasteiger partial charge in [0.05, 0.1) is 10.2 Å². The van der Waals surface area contributed by atoms with E-state index in [9.17, 15) is 4.39 Å². The predicted octanol–water partition coefficient (Wildman–Crippen LogP) is 3.14. The van der Waals surface area contributed by atoms with Gasteiger partial charge in [-0.2, -0.15) is 0 Å². The standard InChI is InChI=1S/C15H21BrFN3S/c1-3-20-8-6-10(7-9-20)19(2)12-5-4-11(15(18)21)13(16)14(12)17/h4-5,10H,3,6-9H2,1-2H3,(H2,18,21). The first-order valence-corrected chi connectivity index (χ1v) is 8.38. The third kappa shape index (κ3) is 3.55. The summed E-state index contributed by atoms with van der Waals surface area (Å²) in [6, 6.07) is 3.91. The Morgan fingerprint density at radius 3 is 2.62 bits per heavy atom. The van der Waals surface area contributed by atoms with Crippen LogP contribution in [-0.4, -0.2) is 42.6 Å². The molecule has 1 saturated heterocycles. The van der Waals surface area contributed by atoms with Gasteiger partial charge in [-0.1, -0.05) is 19.1 Å². The van der Waals surface area contributed by atoms with Gasteiger partial charge in [0.2, 0.25) is 0 Å². The molecule has 0 saturated carbocycles. The Hall–Kier alpha value is -0.720. The van der Waals surface area contributed by atoms with Crippen molar-refractivity contribution in [1.29, 1.82) is 0 Å². The summed E-state index contributed by atoms with van der Waals surface area (Å²) in [5.41, 5.74) is 6.74. The highest BCUT2D eigenvalue weighted by Gasteiger charge is 2.24. The number of halogens is 2. The van der Waals surface area contributed by atoms with E-state index in [0.717, 1.165) is 32.5 Å². The fourth-order valence-corrected chi connectivity index (χ4v) is 3.67. The Morgan fingerprint density at radius 2 is 2.10 bits per heavy atom. The van der Waals surface area contributed by atoms with Crippen LogP contribution in [0, 0.1) is 5.82 Å². The summed E-state index contributed by atoms with van der Waals surface area (Å²) in [5, 5.41) is 0. The van der Waals surface area contributed by atoms with E-state index in [1.165, 1.54) is 0 Å². The molecule has 0 radical (unpaired) electrons. The fraction of sp³-hybridized carbons (Fsp3) is 0.533. The molecule has 6 heteroatoms. The second-order valence-electron chi connectivity index (χ2n) is 5.40. The van der Waals surface area contributed by atoms with Crippen LogP contribution in [-0.2, 0) is 0 Å². The van der Waals surface area contributed by atoms with Crippen LogP contribution in [0.15, 0.2) is 16.6 Å². The van der Waals surface area contributed by atoms with Crippen molar-refractivity contribution < 1.29 is 4.39 Å². The molecule has 2 N–H and O–H groups in total. The minimum Gasteiger partial charge on any atom is -0.389 e. The van der Waals surface area contributed by atoms with Crippen molar-refractivity contribution >= 4 is 38.8 Å². The van der Waals surface area contributed by atoms with Crippen molar-refractivity contribution in [3.05, 3.63) is 28.0 Å². The van der Waals surface area contributed by atoms with E-state index >= 15 is 0 Å². The molecule has 1 aromatic carbocycles. The van der Waals surface area contributed by atoms with Gasteiger partial charge in [-0.25, -0.2) is 4.39 Å². The molecule has 2 rings (SSSR count). The van der Waals surface area contributed by atoms with Gasteiger partial charge in [0.15, 0.2) is 5.82 Å². The molecule has 0 unspecified atom stereocenters. The van der Waals surface area contributed by atoms with Gasteiger partial charge in [0, 0.05) is 31.7 Å². The number of anilines is 1. The molecular formula is C15H21BrFN3S. The number of thiocarbonyl (C=S) groups is 1. The summed E-state index contributed by atoms with van der Waals surface area (Å²) in [7, 11) is 1.96. The highest BCUT2D eigenvalue weighted by atomic mass is 79.9. The van der Waals surface area contributed by atoms with Crippen molar-refractivity contribution in [3.63, 3.8) is 0 Å². The Bertz CT molecular complexity index is 530. The molecule has 0 bridgehead atoms. The predicted molar refractivity (Wildman–Crippen MR) is 93.5 cm³/mol. The molecule has 0 amide bonds. The largest absolute Gasteiger partial charge is 0.389 e. The number of hydrogen-bond donors (Lipinski definition) is 1. The topological polar surface area (TPSA) is 32.5 Å². The maximum Gasteiger partial charge on any atom is 0.161 e. The highest BCUT2D eigenvalue weighted by molar-refractivity contribution is 9.10. The van der Waals surface area contributed by atoms with Crippen molar-refractivity contribution in [3.8, 4) is 0 Å². The van der Waals surface area contributed by atoms with Crippen LogP contribution in [0.4, 0.5) is 10.1 Å². The van der Waals surface area contributed by atoms with Crippen LogP contribution in [0.25, 0.3) is 0 Å². The fourth-order valence-electron chi connectivity index (χ4n) is 2.82. The minimum absolute atomic E-state index is 0.200. The molecule has 21 heavy (non-hydrogen) atoms. The lowest BCUT2D eigenvalue weighted by Crippen LogP contribution is -2.43. The summed E-state index contributed by atoms with van der Waals surface area (Å²) in [4.78, 5) is 4.66. The number of nitrogens with zero attached hydrogens (tertiary/aromatic N) is 2. The van der Waals surface area contributed by atoms with E-state index in [4.69, 9.17) is 18.0 Å². The molecule has 0 spiro atoms. The molecule has 1 heterocycles. The maximum absolute atomic E-state index is 14.6. The summed E-state index contributed by atoms with van der Waals surface area (Å²) < 4.78 is 14.9. The lowest BCUT2D eigenvalue weighted by Gasteiger charge is -2.37. The van der Waals surface area contributed by atoms with E-state index in [2.05, 4.69) is 27.8 Å². The third-order valence-corrected chi connectivity index (χ3v) is 5.25. The molecule has 1 aromatic rings. The molecule has 0 aliphatic carbocycles. The lowest BCUT2D eigenvalue weighted by atomic mass is 10.0. The Labute approximate surface area is 139 Å². The van der Waals surface area contributed by atoms with Gasteiger partial charge in [0.1, 0.15) is 4.99 Å². The molecule has 0 aromatic heterocycles. The normalized spacial score (nSPS) is 17.0. The quantitative estimate of drug-likeness (QED) is 0.821. The van der Waals surface area contributed by atoms with Crippen LogP contribution < -0.4 is 10.6 Å². The first kappa shape index (κ1) is 16.6. The van der Waals surface area contributed by atoms with Crippen LogP contribution in [0.3, 0.4) is 0 Å². The zero-order valence-electron chi connectivity index (χ0n) is 12.4. The summed E-state index contributed by atoms with van der Waals surface area (Å²) in [5.74, 6) is -0.291. The van der Waals surface area contributed by atoms with Gasteiger partial charge in [-0.3, -0.25) is 0 Å². The van der Waals surface area contributed by atoms with Crippen LogP contribution in [0.5, 0.6) is 0 Å². The van der Waals surface area contributed by atoms with E-state index in [1.54, 1.807) is 12.1 Å². The molecule has 0 atom stereocenters. The van der Waals surface area contributed by atoms with Gasteiger partial charge >= 0.3 is 0 Å². The van der Waals surface area contributed by atoms with Crippen molar-refractivity contribution in [2.24, 2.45) is 5.73 Å². The first-order chi connectivity index (χ1) is 9.95. The third-order valence-electron chi connectivity index (χ3n) is 4.26. The van der Waals surface area contributed by atoms with Gasteiger partial charge in [0.25, 0.3) is 0 Å². The summed E-state index contributed by atoms with van der Waals surface area (Å²) >= 11 is 8.20. The average molecular weight is 374 g/mol. The van der Waals surface area contributed by atoms with E-state index < -0.39 is 0 Å². The zero-order valence-corrected chi connectivity index (χ0v) is 14.8. The van der Waals surface area contributed by atoms with Crippen molar-refractivity contribution in [2.45, 2.75) is 25.8 Å². The van der Waals surface area contributed by atoms with Gasteiger partial charge < -0.3 is 15.5 Å². The number of rotatable bonds is 4.